The monoisotopic (exact) mass is 604 g/mol. The maximum atomic E-state index is 13.9. The number of rotatable bonds is 8. The Labute approximate surface area is 240 Å². The van der Waals surface area contributed by atoms with E-state index in [0.717, 1.165) is 28.7 Å². The van der Waals surface area contributed by atoms with E-state index in [1.165, 1.54) is 0 Å². The van der Waals surface area contributed by atoms with E-state index in [1.807, 2.05) is 48.5 Å². The fraction of sp³-hybridized carbons (Fsp3) is 0.290. The number of halogens is 1. The number of amides is 1. The minimum Gasteiger partial charge on any atom is -0.493 e. The molecule has 206 valence electrons. The Morgan fingerprint density at radius 1 is 0.950 bits per heavy atom. The molecule has 2 aliphatic rings. The largest absolute Gasteiger partial charge is 0.493 e. The van der Waals surface area contributed by atoms with Crippen LogP contribution >= 0.6 is 15.9 Å². The SMILES string of the molecule is COc1cc(C2c3c(oc4ccc(Br)cc4c3=O)C(=O)N2CCN2CCOCC2)ccc1OCc1ccccc1. The molecule has 0 bridgehead atoms. The van der Waals surface area contributed by atoms with Crippen molar-refractivity contribution in [2.24, 2.45) is 0 Å². The number of methoxy groups -OCH3 is 1. The molecule has 1 fully saturated rings. The second-order valence-electron chi connectivity index (χ2n) is 9.85. The van der Waals surface area contributed by atoms with E-state index in [-0.39, 0.29) is 17.1 Å². The van der Waals surface area contributed by atoms with Gasteiger partial charge in [-0.05, 0) is 41.5 Å². The van der Waals surface area contributed by atoms with Crippen molar-refractivity contribution in [1.82, 2.24) is 9.80 Å². The van der Waals surface area contributed by atoms with E-state index in [2.05, 4.69) is 20.8 Å². The predicted octanol–water partition coefficient (Wildman–Crippen LogP) is 5.02. The number of carbonyl (C=O) groups is 1. The molecule has 3 heterocycles. The van der Waals surface area contributed by atoms with Crippen molar-refractivity contribution >= 4 is 32.8 Å². The standard InChI is InChI=1S/C31H29BrN2O6/c1-37-26-17-21(7-9-25(26)39-19-20-5-3-2-4-6-20)28-27-29(35)23-18-22(32)8-10-24(23)40-30(27)31(36)34(28)12-11-33-13-15-38-16-14-33/h2-10,17-18,28H,11-16,19H2,1H3. The lowest BCUT2D eigenvalue weighted by Gasteiger charge is -2.31. The molecule has 0 radical (unpaired) electrons. The smallest absolute Gasteiger partial charge is 0.290 e. The van der Waals surface area contributed by atoms with Gasteiger partial charge in [0.05, 0.1) is 37.3 Å². The third-order valence-electron chi connectivity index (χ3n) is 7.43. The van der Waals surface area contributed by atoms with Crippen LogP contribution in [0.3, 0.4) is 0 Å². The number of carbonyl (C=O) groups excluding carboxylic acids is 1. The number of nitrogens with zero attached hydrogens (tertiary/aromatic N) is 2. The zero-order chi connectivity index (χ0) is 27.6. The molecule has 8 nitrogen and oxygen atoms in total. The molecule has 9 heteroatoms. The fourth-order valence-corrected chi connectivity index (χ4v) is 5.71. The van der Waals surface area contributed by atoms with Crippen LogP contribution in [0, 0.1) is 0 Å². The summed E-state index contributed by atoms with van der Waals surface area (Å²) in [6, 6.07) is 20.1. The second kappa shape index (κ2) is 11.4. The molecular formula is C31H29BrN2O6. The first kappa shape index (κ1) is 26.6. The van der Waals surface area contributed by atoms with Gasteiger partial charge in [-0.3, -0.25) is 14.5 Å². The van der Waals surface area contributed by atoms with Gasteiger partial charge < -0.3 is 23.5 Å². The third-order valence-corrected chi connectivity index (χ3v) is 7.92. The third kappa shape index (κ3) is 5.12. The molecule has 1 atom stereocenters. The molecule has 3 aromatic carbocycles. The summed E-state index contributed by atoms with van der Waals surface area (Å²) in [7, 11) is 1.58. The Morgan fingerprint density at radius 2 is 1.75 bits per heavy atom. The fourth-order valence-electron chi connectivity index (χ4n) is 5.35. The van der Waals surface area contributed by atoms with Gasteiger partial charge in [-0.1, -0.05) is 52.3 Å². The Bertz CT molecular complexity index is 1600. The molecule has 6 rings (SSSR count). The molecule has 1 saturated heterocycles. The number of hydrogen-bond acceptors (Lipinski definition) is 7. The van der Waals surface area contributed by atoms with Gasteiger partial charge in [0.15, 0.2) is 16.9 Å². The van der Waals surface area contributed by atoms with Crippen LogP contribution in [0.5, 0.6) is 11.5 Å². The van der Waals surface area contributed by atoms with Crippen LogP contribution in [0.15, 0.2) is 80.4 Å². The van der Waals surface area contributed by atoms with E-state index < -0.39 is 6.04 Å². The van der Waals surface area contributed by atoms with Crippen molar-refractivity contribution in [2.75, 3.05) is 46.5 Å². The van der Waals surface area contributed by atoms with E-state index >= 15 is 0 Å². The highest BCUT2D eigenvalue weighted by atomic mass is 79.9. The molecule has 1 aromatic heterocycles. The van der Waals surface area contributed by atoms with Gasteiger partial charge in [-0.15, -0.1) is 0 Å². The maximum Gasteiger partial charge on any atom is 0.290 e. The van der Waals surface area contributed by atoms with Crippen molar-refractivity contribution in [3.8, 4) is 11.5 Å². The molecular weight excluding hydrogens is 576 g/mol. The molecule has 0 N–H and O–H groups in total. The zero-order valence-corrected chi connectivity index (χ0v) is 23.7. The summed E-state index contributed by atoms with van der Waals surface area (Å²) < 4.78 is 24.1. The lowest BCUT2D eigenvalue weighted by Crippen LogP contribution is -2.42. The van der Waals surface area contributed by atoms with Crippen molar-refractivity contribution in [3.05, 3.63) is 104 Å². The van der Waals surface area contributed by atoms with Crippen LogP contribution in [0.4, 0.5) is 0 Å². The van der Waals surface area contributed by atoms with E-state index in [0.29, 0.717) is 60.9 Å². The summed E-state index contributed by atoms with van der Waals surface area (Å²) in [4.78, 5) is 31.7. The molecule has 1 unspecified atom stereocenters. The van der Waals surface area contributed by atoms with Crippen LogP contribution in [-0.2, 0) is 11.3 Å². The highest BCUT2D eigenvalue weighted by molar-refractivity contribution is 9.10. The van der Waals surface area contributed by atoms with Gasteiger partial charge in [-0.2, -0.15) is 0 Å². The van der Waals surface area contributed by atoms with Crippen LogP contribution in [0.2, 0.25) is 0 Å². The maximum absolute atomic E-state index is 13.9. The first-order valence-corrected chi connectivity index (χ1v) is 14.0. The molecule has 4 aromatic rings. The van der Waals surface area contributed by atoms with Crippen LogP contribution in [-0.4, -0.2) is 62.2 Å². The van der Waals surface area contributed by atoms with E-state index in [4.69, 9.17) is 18.6 Å². The average Bonchev–Trinajstić information content (AvgIpc) is 3.27. The summed E-state index contributed by atoms with van der Waals surface area (Å²) in [5, 5.41) is 0.427. The quantitative estimate of drug-likeness (QED) is 0.279. The van der Waals surface area contributed by atoms with Gasteiger partial charge in [-0.25, -0.2) is 0 Å². The van der Waals surface area contributed by atoms with Crippen molar-refractivity contribution in [3.63, 3.8) is 0 Å². The topological polar surface area (TPSA) is 81.5 Å². The van der Waals surface area contributed by atoms with Crippen LogP contribution in [0.1, 0.15) is 33.3 Å². The van der Waals surface area contributed by atoms with Crippen LogP contribution < -0.4 is 14.9 Å². The van der Waals surface area contributed by atoms with E-state index in [1.54, 1.807) is 30.2 Å². The Hall–Kier alpha value is -3.66. The van der Waals surface area contributed by atoms with E-state index in [9.17, 15) is 9.59 Å². The average molecular weight is 605 g/mol. The molecule has 0 spiro atoms. The van der Waals surface area contributed by atoms with Gasteiger partial charge in [0, 0.05) is 30.7 Å². The molecule has 0 aliphatic carbocycles. The Balaban J connectivity index is 1.39. The van der Waals surface area contributed by atoms with Gasteiger partial charge in [0.1, 0.15) is 12.2 Å². The van der Waals surface area contributed by atoms with Crippen molar-refractivity contribution < 1.29 is 23.4 Å². The second-order valence-corrected chi connectivity index (χ2v) is 10.8. The minimum absolute atomic E-state index is 0.0928. The summed E-state index contributed by atoms with van der Waals surface area (Å²) >= 11 is 3.45. The minimum atomic E-state index is -0.625. The van der Waals surface area contributed by atoms with Crippen molar-refractivity contribution in [1.29, 1.82) is 0 Å². The number of hydrogen-bond donors (Lipinski definition) is 0. The molecule has 1 amide bonds. The number of ether oxygens (including phenoxy) is 3. The van der Waals surface area contributed by atoms with Gasteiger partial charge in [0.2, 0.25) is 5.76 Å². The lowest BCUT2D eigenvalue weighted by atomic mass is 9.98. The molecule has 2 aliphatic heterocycles. The summed E-state index contributed by atoms with van der Waals surface area (Å²) in [5.41, 5.74) is 2.30. The Kier molecular flexibility index (Phi) is 7.60. The zero-order valence-electron chi connectivity index (χ0n) is 22.1. The Morgan fingerprint density at radius 3 is 2.52 bits per heavy atom. The molecule has 40 heavy (non-hydrogen) atoms. The summed E-state index contributed by atoms with van der Waals surface area (Å²) in [5.74, 6) is 0.901. The number of morpholine rings is 1. The first-order chi connectivity index (χ1) is 19.5. The summed E-state index contributed by atoms with van der Waals surface area (Å²) in [6.07, 6.45) is 0. The highest BCUT2D eigenvalue weighted by Crippen LogP contribution is 2.41. The number of fused-ring (bicyclic) bond motifs is 2. The number of benzene rings is 3. The lowest BCUT2D eigenvalue weighted by molar-refractivity contribution is 0.0314. The highest BCUT2D eigenvalue weighted by Gasteiger charge is 2.43. The summed E-state index contributed by atoms with van der Waals surface area (Å²) in [6.45, 7) is 4.42. The normalized spacial score (nSPS) is 17.3. The van der Waals surface area contributed by atoms with Gasteiger partial charge >= 0.3 is 0 Å². The van der Waals surface area contributed by atoms with Crippen LogP contribution in [0.25, 0.3) is 11.0 Å². The van der Waals surface area contributed by atoms with Crippen molar-refractivity contribution in [2.45, 2.75) is 12.6 Å². The van der Waals surface area contributed by atoms with Gasteiger partial charge in [0.25, 0.3) is 5.91 Å². The predicted molar refractivity (Wildman–Crippen MR) is 154 cm³/mol. The first-order valence-electron chi connectivity index (χ1n) is 13.3. The molecule has 0 saturated carbocycles.